The number of likely N-dealkylation sites (tertiary alicyclic amines) is 1. The Hall–Kier alpha value is -0.570. The quantitative estimate of drug-likeness (QED) is 0.821. The van der Waals surface area contributed by atoms with Gasteiger partial charge in [0.05, 0.1) is 0 Å². The Morgan fingerprint density at radius 3 is 2.47 bits per heavy atom. The number of hydrogen-bond donors (Lipinski definition) is 1. The lowest BCUT2D eigenvalue weighted by Crippen LogP contribution is -2.53. The molecule has 2 atom stereocenters. The highest BCUT2D eigenvalue weighted by Gasteiger charge is 2.33. The maximum Gasteiger partial charge on any atom is 0.228 e. The molecule has 100 valence electrons. The van der Waals surface area contributed by atoms with E-state index in [4.69, 9.17) is 0 Å². The molecule has 3 heteroatoms. The van der Waals surface area contributed by atoms with Crippen LogP contribution >= 0.6 is 0 Å². The molecule has 0 bridgehead atoms. The molecule has 0 aromatic rings. The topological polar surface area (TPSA) is 32.3 Å². The Morgan fingerprint density at radius 2 is 2.00 bits per heavy atom. The number of likely N-dealkylation sites (N-methyl/N-ethyl adjacent to an activating group) is 1. The minimum atomic E-state index is -0.258. The fourth-order valence-corrected chi connectivity index (χ4v) is 2.67. The zero-order chi connectivity index (χ0) is 13.1. The van der Waals surface area contributed by atoms with Gasteiger partial charge in [0.1, 0.15) is 0 Å². The highest BCUT2D eigenvalue weighted by molar-refractivity contribution is 5.81. The average Bonchev–Trinajstić information content (AvgIpc) is 2.26. The SMILES string of the molecule is CCCC1CC(NC)CN(C(=O)C(C)(C)C)C1. The maximum atomic E-state index is 12.3. The van der Waals surface area contributed by atoms with Gasteiger partial charge in [0.2, 0.25) is 5.91 Å². The average molecular weight is 240 g/mol. The van der Waals surface area contributed by atoms with Crippen LogP contribution in [0.3, 0.4) is 0 Å². The van der Waals surface area contributed by atoms with E-state index >= 15 is 0 Å². The van der Waals surface area contributed by atoms with Gasteiger partial charge in [-0.25, -0.2) is 0 Å². The second-order valence-corrected chi connectivity index (χ2v) is 6.34. The van der Waals surface area contributed by atoms with Crippen molar-refractivity contribution in [2.24, 2.45) is 11.3 Å². The molecule has 0 aromatic carbocycles. The lowest BCUT2D eigenvalue weighted by atomic mass is 9.87. The second-order valence-electron chi connectivity index (χ2n) is 6.34. The summed E-state index contributed by atoms with van der Waals surface area (Å²) in [6, 6.07) is 0.464. The Bertz CT molecular complexity index is 257. The summed E-state index contributed by atoms with van der Waals surface area (Å²) in [5.74, 6) is 0.955. The number of amides is 1. The number of rotatable bonds is 3. The van der Waals surface area contributed by atoms with Crippen molar-refractivity contribution in [1.29, 1.82) is 0 Å². The van der Waals surface area contributed by atoms with Crippen LogP contribution in [0.15, 0.2) is 0 Å². The van der Waals surface area contributed by atoms with Crippen LogP contribution in [0.4, 0.5) is 0 Å². The van der Waals surface area contributed by atoms with Gasteiger partial charge >= 0.3 is 0 Å². The first-order chi connectivity index (χ1) is 7.88. The summed E-state index contributed by atoms with van der Waals surface area (Å²) < 4.78 is 0. The highest BCUT2D eigenvalue weighted by Crippen LogP contribution is 2.25. The van der Waals surface area contributed by atoms with Gasteiger partial charge in [-0.1, -0.05) is 34.1 Å². The predicted octanol–water partition coefficient (Wildman–Crippen LogP) is 2.27. The molecule has 1 amide bonds. The van der Waals surface area contributed by atoms with Crippen LogP contribution in [-0.4, -0.2) is 37.0 Å². The van der Waals surface area contributed by atoms with Gasteiger partial charge in [0.15, 0.2) is 0 Å². The molecular formula is C14H28N2O. The van der Waals surface area contributed by atoms with Crippen LogP contribution < -0.4 is 5.32 Å². The van der Waals surface area contributed by atoms with Crippen molar-refractivity contribution < 1.29 is 4.79 Å². The summed E-state index contributed by atoms with van der Waals surface area (Å²) in [5, 5.41) is 3.33. The summed E-state index contributed by atoms with van der Waals surface area (Å²) in [6.07, 6.45) is 3.64. The van der Waals surface area contributed by atoms with E-state index in [9.17, 15) is 4.79 Å². The third-order valence-corrected chi connectivity index (χ3v) is 3.57. The number of carbonyl (C=O) groups is 1. The first-order valence-electron chi connectivity index (χ1n) is 6.85. The molecule has 1 fully saturated rings. The molecule has 0 saturated carbocycles. The number of nitrogens with zero attached hydrogens (tertiary/aromatic N) is 1. The van der Waals surface area contributed by atoms with Crippen LogP contribution in [-0.2, 0) is 4.79 Å². The Balaban J connectivity index is 2.68. The molecule has 0 spiro atoms. The number of piperidine rings is 1. The van der Waals surface area contributed by atoms with Gasteiger partial charge in [-0.15, -0.1) is 0 Å². The van der Waals surface area contributed by atoms with E-state index in [1.54, 1.807) is 0 Å². The van der Waals surface area contributed by atoms with Crippen LogP contribution in [0.2, 0.25) is 0 Å². The summed E-state index contributed by atoms with van der Waals surface area (Å²) in [4.78, 5) is 14.4. The predicted molar refractivity (Wildman–Crippen MR) is 71.9 cm³/mol. The van der Waals surface area contributed by atoms with Crippen LogP contribution in [0.5, 0.6) is 0 Å². The molecule has 2 unspecified atom stereocenters. The van der Waals surface area contributed by atoms with E-state index in [2.05, 4.69) is 17.1 Å². The van der Waals surface area contributed by atoms with Crippen molar-refractivity contribution in [2.75, 3.05) is 20.1 Å². The monoisotopic (exact) mass is 240 g/mol. The number of nitrogens with one attached hydrogen (secondary N) is 1. The van der Waals surface area contributed by atoms with Gasteiger partial charge in [-0.05, 0) is 25.8 Å². The molecule has 1 N–H and O–H groups in total. The van der Waals surface area contributed by atoms with Crippen molar-refractivity contribution >= 4 is 5.91 Å². The molecular weight excluding hydrogens is 212 g/mol. The van der Waals surface area contributed by atoms with Gasteiger partial charge < -0.3 is 10.2 Å². The lowest BCUT2D eigenvalue weighted by molar-refractivity contribution is -0.142. The molecule has 0 radical (unpaired) electrons. The van der Waals surface area contributed by atoms with Crippen LogP contribution in [0.25, 0.3) is 0 Å². The van der Waals surface area contributed by atoms with Crippen molar-refractivity contribution in [1.82, 2.24) is 10.2 Å². The Morgan fingerprint density at radius 1 is 1.35 bits per heavy atom. The van der Waals surface area contributed by atoms with Gasteiger partial charge in [0.25, 0.3) is 0 Å². The zero-order valence-electron chi connectivity index (χ0n) is 12.0. The van der Waals surface area contributed by atoms with E-state index in [0.717, 1.165) is 13.1 Å². The van der Waals surface area contributed by atoms with Gasteiger partial charge in [-0.3, -0.25) is 4.79 Å². The molecule has 3 nitrogen and oxygen atoms in total. The molecule has 1 rings (SSSR count). The van der Waals surface area contributed by atoms with E-state index in [0.29, 0.717) is 17.9 Å². The van der Waals surface area contributed by atoms with E-state index in [-0.39, 0.29) is 5.41 Å². The largest absolute Gasteiger partial charge is 0.340 e. The smallest absolute Gasteiger partial charge is 0.228 e. The molecule has 17 heavy (non-hydrogen) atoms. The van der Waals surface area contributed by atoms with Gasteiger partial charge in [-0.2, -0.15) is 0 Å². The summed E-state index contributed by atoms with van der Waals surface area (Å²) >= 11 is 0. The Labute approximate surface area is 106 Å². The van der Waals surface area contributed by atoms with E-state index in [1.165, 1.54) is 19.3 Å². The fraction of sp³-hybridized carbons (Fsp3) is 0.929. The standard InChI is InChI=1S/C14H28N2O/c1-6-7-11-8-12(15-5)10-16(9-11)13(17)14(2,3)4/h11-12,15H,6-10H2,1-5H3. The maximum absolute atomic E-state index is 12.3. The van der Waals surface area contributed by atoms with Crippen molar-refractivity contribution in [3.63, 3.8) is 0 Å². The normalized spacial score (nSPS) is 26.1. The molecule has 0 aliphatic carbocycles. The first kappa shape index (κ1) is 14.5. The third-order valence-electron chi connectivity index (χ3n) is 3.57. The van der Waals surface area contributed by atoms with Crippen LogP contribution in [0.1, 0.15) is 47.0 Å². The number of hydrogen-bond acceptors (Lipinski definition) is 2. The number of carbonyl (C=O) groups excluding carboxylic acids is 1. The molecule has 1 aliphatic rings. The van der Waals surface area contributed by atoms with Crippen molar-refractivity contribution in [3.05, 3.63) is 0 Å². The Kier molecular flexibility index (Phi) is 4.99. The van der Waals surface area contributed by atoms with E-state index in [1.807, 2.05) is 27.8 Å². The van der Waals surface area contributed by atoms with Crippen molar-refractivity contribution in [3.8, 4) is 0 Å². The second kappa shape index (κ2) is 5.85. The van der Waals surface area contributed by atoms with E-state index < -0.39 is 0 Å². The molecule has 1 aliphatic heterocycles. The fourth-order valence-electron chi connectivity index (χ4n) is 2.67. The zero-order valence-corrected chi connectivity index (χ0v) is 12.0. The first-order valence-corrected chi connectivity index (χ1v) is 6.85. The molecule has 1 saturated heterocycles. The molecule has 1 heterocycles. The summed E-state index contributed by atoms with van der Waals surface area (Å²) in [7, 11) is 2.00. The lowest BCUT2D eigenvalue weighted by Gasteiger charge is -2.40. The molecule has 0 aromatic heterocycles. The van der Waals surface area contributed by atoms with Crippen LogP contribution in [0, 0.1) is 11.3 Å². The summed E-state index contributed by atoms with van der Waals surface area (Å²) in [5.41, 5.74) is -0.258. The highest BCUT2D eigenvalue weighted by atomic mass is 16.2. The van der Waals surface area contributed by atoms with Gasteiger partial charge in [0, 0.05) is 24.5 Å². The third kappa shape index (κ3) is 3.98. The van der Waals surface area contributed by atoms with Crippen molar-refractivity contribution in [2.45, 2.75) is 53.0 Å². The summed E-state index contributed by atoms with van der Waals surface area (Å²) in [6.45, 7) is 10.1. The minimum absolute atomic E-state index is 0.258. The minimum Gasteiger partial charge on any atom is -0.340 e.